The van der Waals surface area contributed by atoms with Crippen molar-refractivity contribution in [2.45, 2.75) is 13.3 Å². The molecule has 0 saturated carbocycles. The minimum atomic E-state index is 0.485. The van der Waals surface area contributed by atoms with Crippen LogP contribution in [0.4, 0.5) is 0 Å². The van der Waals surface area contributed by atoms with Gasteiger partial charge in [-0.2, -0.15) is 5.26 Å². The Hall–Kier alpha value is -2.05. The third kappa shape index (κ3) is 3.24. The molecule has 1 aromatic carbocycles. The zero-order chi connectivity index (χ0) is 13.7. The Bertz CT molecular complexity index is 620. The lowest BCUT2D eigenvalue weighted by atomic mass is 10.1. The van der Waals surface area contributed by atoms with E-state index in [0.717, 1.165) is 12.0 Å². The Morgan fingerprint density at radius 2 is 2.21 bits per heavy atom. The van der Waals surface area contributed by atoms with Crippen LogP contribution in [-0.2, 0) is 0 Å². The average molecular weight is 273 g/mol. The summed E-state index contributed by atoms with van der Waals surface area (Å²) in [4.78, 5) is 4.32. The second kappa shape index (κ2) is 6.21. The predicted octanol–water partition coefficient (Wildman–Crippen LogP) is 4.06. The largest absolute Gasteiger partial charge is 0.491 e. The van der Waals surface area contributed by atoms with E-state index in [4.69, 9.17) is 21.6 Å². The maximum Gasteiger partial charge on any atom is 0.155 e. The normalized spacial score (nSPS) is 9.95. The van der Waals surface area contributed by atoms with Gasteiger partial charge in [-0.1, -0.05) is 30.7 Å². The highest BCUT2D eigenvalue weighted by Crippen LogP contribution is 2.25. The molecule has 2 aromatic rings. The lowest BCUT2D eigenvalue weighted by molar-refractivity contribution is 0.315. The maximum absolute atomic E-state index is 9.16. The van der Waals surface area contributed by atoms with Crippen LogP contribution in [0.5, 0.6) is 5.75 Å². The SMILES string of the molecule is CCCOc1cnc(-c2cccc(Cl)c2)cc1C#N. The maximum atomic E-state index is 9.16. The van der Waals surface area contributed by atoms with Crippen LogP contribution in [-0.4, -0.2) is 11.6 Å². The summed E-state index contributed by atoms with van der Waals surface area (Å²) in [6.07, 6.45) is 2.48. The smallest absolute Gasteiger partial charge is 0.155 e. The van der Waals surface area contributed by atoms with Gasteiger partial charge in [0.2, 0.25) is 0 Å². The molecule has 0 amide bonds. The van der Waals surface area contributed by atoms with Gasteiger partial charge in [0.1, 0.15) is 6.07 Å². The first-order valence-corrected chi connectivity index (χ1v) is 6.41. The summed E-state index contributed by atoms with van der Waals surface area (Å²) < 4.78 is 5.48. The molecule has 0 fully saturated rings. The first-order valence-electron chi connectivity index (χ1n) is 6.03. The number of ether oxygens (including phenoxy) is 1. The van der Waals surface area contributed by atoms with E-state index >= 15 is 0 Å². The van der Waals surface area contributed by atoms with Crippen molar-refractivity contribution in [1.29, 1.82) is 5.26 Å². The quantitative estimate of drug-likeness (QED) is 0.843. The van der Waals surface area contributed by atoms with Gasteiger partial charge in [-0.25, -0.2) is 0 Å². The fourth-order valence-electron chi connectivity index (χ4n) is 1.66. The van der Waals surface area contributed by atoms with Crippen LogP contribution in [0, 0.1) is 11.3 Å². The van der Waals surface area contributed by atoms with Crippen molar-refractivity contribution in [3.8, 4) is 23.1 Å². The summed E-state index contributed by atoms with van der Waals surface area (Å²) in [6, 6.07) is 11.2. The van der Waals surface area contributed by atoms with Crippen molar-refractivity contribution in [3.05, 3.63) is 47.1 Å². The molecule has 0 saturated heterocycles. The Morgan fingerprint density at radius 3 is 2.89 bits per heavy atom. The van der Waals surface area contributed by atoms with Crippen LogP contribution in [0.1, 0.15) is 18.9 Å². The highest BCUT2D eigenvalue weighted by molar-refractivity contribution is 6.30. The fraction of sp³-hybridized carbons (Fsp3) is 0.200. The van der Waals surface area contributed by atoms with Gasteiger partial charge in [0.05, 0.1) is 24.1 Å². The highest BCUT2D eigenvalue weighted by Gasteiger charge is 2.07. The van der Waals surface area contributed by atoms with Gasteiger partial charge in [-0.05, 0) is 24.6 Å². The monoisotopic (exact) mass is 272 g/mol. The molecule has 2 rings (SSSR count). The zero-order valence-corrected chi connectivity index (χ0v) is 11.3. The third-order valence-corrected chi connectivity index (χ3v) is 2.81. The molecule has 1 aromatic heterocycles. The van der Waals surface area contributed by atoms with Crippen molar-refractivity contribution in [1.82, 2.24) is 4.98 Å². The number of pyridine rings is 1. The predicted molar refractivity (Wildman–Crippen MR) is 75.2 cm³/mol. The van der Waals surface area contributed by atoms with Crippen molar-refractivity contribution >= 4 is 11.6 Å². The zero-order valence-electron chi connectivity index (χ0n) is 10.6. The first-order chi connectivity index (χ1) is 9.24. The first kappa shape index (κ1) is 13.4. The van der Waals surface area contributed by atoms with Crippen LogP contribution in [0.2, 0.25) is 5.02 Å². The number of halogens is 1. The van der Waals surface area contributed by atoms with Crippen LogP contribution < -0.4 is 4.74 Å². The number of hydrogen-bond acceptors (Lipinski definition) is 3. The molecule has 0 unspecified atom stereocenters. The Kier molecular flexibility index (Phi) is 4.38. The number of nitrogens with zero attached hydrogens (tertiary/aromatic N) is 2. The second-order valence-electron chi connectivity index (χ2n) is 4.04. The van der Waals surface area contributed by atoms with Crippen LogP contribution in [0.25, 0.3) is 11.3 Å². The molecule has 0 aliphatic heterocycles. The van der Waals surface area contributed by atoms with Gasteiger partial charge >= 0.3 is 0 Å². The number of hydrogen-bond donors (Lipinski definition) is 0. The molecule has 0 atom stereocenters. The molecule has 0 spiro atoms. The Balaban J connectivity index is 2.37. The van der Waals surface area contributed by atoms with Gasteiger partial charge < -0.3 is 4.74 Å². The molecule has 0 radical (unpaired) electrons. The molecular weight excluding hydrogens is 260 g/mol. The highest BCUT2D eigenvalue weighted by atomic mass is 35.5. The Morgan fingerprint density at radius 1 is 1.37 bits per heavy atom. The average Bonchev–Trinajstić information content (AvgIpc) is 2.45. The van der Waals surface area contributed by atoms with Gasteiger partial charge in [-0.3, -0.25) is 4.98 Å². The summed E-state index contributed by atoms with van der Waals surface area (Å²) in [7, 11) is 0. The van der Waals surface area contributed by atoms with Gasteiger partial charge in [-0.15, -0.1) is 0 Å². The van der Waals surface area contributed by atoms with Gasteiger partial charge in [0.25, 0.3) is 0 Å². The van der Waals surface area contributed by atoms with E-state index in [-0.39, 0.29) is 0 Å². The number of aromatic nitrogens is 1. The molecule has 1 heterocycles. The van der Waals surface area contributed by atoms with E-state index in [1.165, 1.54) is 0 Å². The fourth-order valence-corrected chi connectivity index (χ4v) is 1.85. The van der Waals surface area contributed by atoms with E-state index in [1.54, 1.807) is 18.3 Å². The van der Waals surface area contributed by atoms with Crippen LogP contribution in [0.3, 0.4) is 0 Å². The number of nitriles is 1. The molecule has 4 heteroatoms. The lowest BCUT2D eigenvalue weighted by Gasteiger charge is -2.08. The molecule has 96 valence electrons. The topological polar surface area (TPSA) is 45.9 Å². The molecule has 0 N–H and O–H groups in total. The van der Waals surface area contributed by atoms with Crippen molar-refractivity contribution < 1.29 is 4.74 Å². The van der Waals surface area contributed by atoms with Crippen molar-refractivity contribution in [2.75, 3.05) is 6.61 Å². The molecule has 0 bridgehead atoms. The molecule has 0 aliphatic carbocycles. The summed E-state index contributed by atoms with van der Waals surface area (Å²) in [5.41, 5.74) is 2.08. The van der Waals surface area contributed by atoms with Crippen molar-refractivity contribution in [2.24, 2.45) is 0 Å². The molecule has 19 heavy (non-hydrogen) atoms. The molecule has 3 nitrogen and oxygen atoms in total. The Labute approximate surface area is 117 Å². The second-order valence-corrected chi connectivity index (χ2v) is 4.47. The summed E-state index contributed by atoms with van der Waals surface area (Å²) in [5.74, 6) is 0.523. The molecular formula is C15H13ClN2O. The minimum Gasteiger partial charge on any atom is -0.491 e. The van der Waals surface area contributed by atoms with E-state index in [1.807, 2.05) is 25.1 Å². The summed E-state index contributed by atoms with van der Waals surface area (Å²) in [5, 5.41) is 9.80. The standard InChI is InChI=1S/C15H13ClN2O/c1-2-6-19-15-10-18-14(8-12(15)9-17)11-4-3-5-13(16)7-11/h3-5,7-8,10H,2,6H2,1H3. The van der Waals surface area contributed by atoms with E-state index in [9.17, 15) is 0 Å². The van der Waals surface area contributed by atoms with Gasteiger partial charge in [0.15, 0.2) is 5.75 Å². The van der Waals surface area contributed by atoms with E-state index in [0.29, 0.717) is 28.6 Å². The van der Waals surface area contributed by atoms with E-state index in [2.05, 4.69) is 11.1 Å². The summed E-state index contributed by atoms with van der Waals surface area (Å²) in [6.45, 7) is 2.59. The van der Waals surface area contributed by atoms with E-state index < -0.39 is 0 Å². The minimum absolute atomic E-state index is 0.485. The third-order valence-electron chi connectivity index (χ3n) is 2.57. The van der Waals surface area contributed by atoms with Crippen LogP contribution >= 0.6 is 11.6 Å². The number of benzene rings is 1. The van der Waals surface area contributed by atoms with Crippen molar-refractivity contribution in [3.63, 3.8) is 0 Å². The van der Waals surface area contributed by atoms with Gasteiger partial charge in [0, 0.05) is 10.6 Å². The lowest BCUT2D eigenvalue weighted by Crippen LogP contribution is -1.98. The number of rotatable bonds is 4. The summed E-state index contributed by atoms with van der Waals surface area (Å²) >= 11 is 5.95. The molecule has 0 aliphatic rings. The van der Waals surface area contributed by atoms with Crippen LogP contribution in [0.15, 0.2) is 36.5 Å².